The molecule has 0 unspecified atom stereocenters. The van der Waals surface area contributed by atoms with Crippen molar-refractivity contribution in [3.8, 4) is 11.5 Å². The number of hydrogen-bond acceptors (Lipinski definition) is 5. The number of aromatic nitrogens is 1. The first-order valence-electron chi connectivity index (χ1n) is 9.21. The summed E-state index contributed by atoms with van der Waals surface area (Å²) < 4.78 is 11.0. The number of amides is 2. The van der Waals surface area contributed by atoms with Gasteiger partial charge in [-0.2, -0.15) is 0 Å². The van der Waals surface area contributed by atoms with Crippen molar-refractivity contribution in [3.05, 3.63) is 59.3 Å². The van der Waals surface area contributed by atoms with Crippen molar-refractivity contribution in [1.29, 1.82) is 0 Å². The average molecular weight is 395 g/mol. The summed E-state index contributed by atoms with van der Waals surface area (Å²) in [5.74, 6) is 0.662. The topological polar surface area (TPSA) is 104 Å². The third-order valence-corrected chi connectivity index (χ3v) is 5.08. The SMILES string of the molecule is COc1ccc2[nH]cc(CC(=O)N3CCOc4cc(C(=O)NO)ccc4C3)c2c1. The second-order valence-corrected chi connectivity index (χ2v) is 6.83. The van der Waals surface area contributed by atoms with Crippen molar-refractivity contribution in [2.45, 2.75) is 13.0 Å². The van der Waals surface area contributed by atoms with Crippen molar-refractivity contribution in [3.63, 3.8) is 0 Å². The summed E-state index contributed by atoms with van der Waals surface area (Å²) in [6.45, 7) is 1.16. The molecule has 150 valence electrons. The molecule has 2 amide bonds. The molecule has 2 aromatic carbocycles. The molecule has 8 heteroatoms. The maximum absolute atomic E-state index is 13.0. The Morgan fingerprint density at radius 1 is 1.28 bits per heavy atom. The second kappa shape index (κ2) is 7.84. The molecule has 8 nitrogen and oxygen atoms in total. The summed E-state index contributed by atoms with van der Waals surface area (Å²) in [5, 5.41) is 9.75. The highest BCUT2D eigenvalue weighted by atomic mass is 16.5. The summed E-state index contributed by atoms with van der Waals surface area (Å²) in [4.78, 5) is 29.5. The molecule has 3 N–H and O–H groups in total. The standard InChI is InChI=1S/C21H21N3O5/c1-28-16-4-5-18-17(10-16)15(11-22-18)9-20(25)24-6-7-29-19-8-13(21(26)23-27)2-3-14(19)12-24/h2-5,8,10-11,22,27H,6-7,9,12H2,1H3,(H,23,26). The number of carbonyl (C=O) groups excluding carboxylic acids is 2. The van der Waals surface area contributed by atoms with Gasteiger partial charge in [0.2, 0.25) is 5.91 Å². The number of aromatic amines is 1. The van der Waals surface area contributed by atoms with Crippen LogP contribution in [-0.2, 0) is 17.8 Å². The molecule has 0 atom stereocenters. The highest BCUT2D eigenvalue weighted by molar-refractivity contribution is 5.94. The molecule has 0 bridgehead atoms. The number of H-pyrrole nitrogens is 1. The van der Waals surface area contributed by atoms with Gasteiger partial charge in [-0.15, -0.1) is 0 Å². The molecule has 0 saturated carbocycles. The molecular formula is C21H21N3O5. The number of methoxy groups -OCH3 is 1. The minimum Gasteiger partial charge on any atom is -0.497 e. The van der Waals surface area contributed by atoms with Crippen LogP contribution in [0.3, 0.4) is 0 Å². The average Bonchev–Trinajstić information content (AvgIpc) is 3.01. The number of benzene rings is 2. The number of fused-ring (bicyclic) bond motifs is 2. The maximum atomic E-state index is 13.0. The van der Waals surface area contributed by atoms with Crippen molar-refractivity contribution in [1.82, 2.24) is 15.4 Å². The van der Waals surface area contributed by atoms with Crippen LogP contribution in [0, 0.1) is 0 Å². The zero-order chi connectivity index (χ0) is 20.4. The first-order chi connectivity index (χ1) is 14.1. The summed E-state index contributed by atoms with van der Waals surface area (Å²) in [6, 6.07) is 10.6. The van der Waals surface area contributed by atoms with Gasteiger partial charge in [-0.1, -0.05) is 6.07 Å². The lowest BCUT2D eigenvalue weighted by Gasteiger charge is -2.19. The molecule has 4 rings (SSSR count). The molecule has 0 radical (unpaired) electrons. The molecule has 1 aliphatic heterocycles. The summed E-state index contributed by atoms with van der Waals surface area (Å²) in [6.07, 6.45) is 2.11. The van der Waals surface area contributed by atoms with E-state index in [0.717, 1.165) is 27.8 Å². The lowest BCUT2D eigenvalue weighted by atomic mass is 10.1. The molecule has 0 spiro atoms. The predicted molar refractivity (Wildman–Crippen MR) is 105 cm³/mol. The highest BCUT2D eigenvalue weighted by Crippen LogP contribution is 2.27. The number of nitrogens with one attached hydrogen (secondary N) is 2. The molecule has 1 aliphatic rings. The molecule has 0 fully saturated rings. The summed E-state index contributed by atoms with van der Waals surface area (Å²) in [7, 11) is 1.61. The molecule has 0 saturated heterocycles. The number of rotatable bonds is 4. The van der Waals surface area contributed by atoms with Crippen LogP contribution in [0.5, 0.6) is 11.5 Å². The normalized spacial score (nSPS) is 13.4. The van der Waals surface area contributed by atoms with Gasteiger partial charge in [-0.05, 0) is 35.9 Å². The van der Waals surface area contributed by atoms with Crippen LogP contribution in [0.25, 0.3) is 10.9 Å². The summed E-state index contributed by atoms with van der Waals surface area (Å²) in [5.41, 5.74) is 4.57. The maximum Gasteiger partial charge on any atom is 0.274 e. The van der Waals surface area contributed by atoms with E-state index in [1.54, 1.807) is 35.7 Å². The minimum absolute atomic E-state index is 0.0117. The van der Waals surface area contributed by atoms with E-state index in [1.807, 2.05) is 24.4 Å². The van der Waals surface area contributed by atoms with Gasteiger partial charge in [0.25, 0.3) is 5.91 Å². The van der Waals surface area contributed by atoms with Crippen molar-refractivity contribution in [2.24, 2.45) is 0 Å². The Bertz CT molecular complexity index is 1080. The van der Waals surface area contributed by atoms with Gasteiger partial charge >= 0.3 is 0 Å². The van der Waals surface area contributed by atoms with Gasteiger partial charge in [-0.25, -0.2) is 5.48 Å². The number of ether oxygens (including phenoxy) is 2. The first kappa shape index (κ1) is 18.8. The minimum atomic E-state index is -0.608. The first-order valence-corrected chi connectivity index (χ1v) is 9.21. The Morgan fingerprint density at radius 3 is 2.93 bits per heavy atom. The smallest absolute Gasteiger partial charge is 0.274 e. The van der Waals surface area contributed by atoms with Crippen LogP contribution in [0.15, 0.2) is 42.6 Å². The van der Waals surface area contributed by atoms with Crippen LogP contribution in [0.4, 0.5) is 0 Å². The molecule has 1 aromatic heterocycles. The van der Waals surface area contributed by atoms with Crippen LogP contribution >= 0.6 is 0 Å². The van der Waals surface area contributed by atoms with Gasteiger partial charge in [0, 0.05) is 34.8 Å². The zero-order valence-electron chi connectivity index (χ0n) is 15.9. The quantitative estimate of drug-likeness (QED) is 0.464. The Hall–Kier alpha value is -3.52. The van der Waals surface area contributed by atoms with Crippen LogP contribution < -0.4 is 15.0 Å². The molecule has 0 aliphatic carbocycles. The van der Waals surface area contributed by atoms with Gasteiger partial charge < -0.3 is 19.4 Å². The lowest BCUT2D eigenvalue weighted by Crippen LogP contribution is -2.33. The molecule has 2 heterocycles. The fraction of sp³-hybridized carbons (Fsp3) is 0.238. The van der Waals surface area contributed by atoms with Crippen LogP contribution in [-0.4, -0.2) is 47.2 Å². The largest absolute Gasteiger partial charge is 0.497 e. The number of nitrogens with zero attached hydrogens (tertiary/aromatic N) is 1. The van der Waals surface area contributed by atoms with E-state index >= 15 is 0 Å². The Morgan fingerprint density at radius 2 is 2.14 bits per heavy atom. The third kappa shape index (κ3) is 3.74. The predicted octanol–water partition coefficient (Wildman–Crippen LogP) is 2.26. The van der Waals surface area contributed by atoms with Crippen LogP contribution in [0.1, 0.15) is 21.5 Å². The number of hydrogen-bond donors (Lipinski definition) is 3. The van der Waals surface area contributed by atoms with Crippen molar-refractivity contribution >= 4 is 22.7 Å². The Labute approximate surface area is 167 Å². The van der Waals surface area contributed by atoms with E-state index in [-0.39, 0.29) is 12.3 Å². The highest BCUT2D eigenvalue weighted by Gasteiger charge is 2.22. The lowest BCUT2D eigenvalue weighted by molar-refractivity contribution is -0.131. The van der Waals surface area contributed by atoms with Crippen molar-refractivity contribution in [2.75, 3.05) is 20.3 Å². The zero-order valence-corrected chi connectivity index (χ0v) is 15.9. The van der Waals surface area contributed by atoms with Gasteiger partial charge in [0.1, 0.15) is 18.1 Å². The van der Waals surface area contributed by atoms with E-state index in [1.165, 1.54) is 0 Å². The number of carbonyl (C=O) groups is 2. The van der Waals surface area contributed by atoms with E-state index in [4.69, 9.17) is 14.7 Å². The van der Waals surface area contributed by atoms with Gasteiger partial charge in [0.05, 0.1) is 20.1 Å². The molecule has 29 heavy (non-hydrogen) atoms. The number of hydroxylamine groups is 1. The van der Waals surface area contributed by atoms with Crippen LogP contribution in [0.2, 0.25) is 0 Å². The fourth-order valence-corrected chi connectivity index (χ4v) is 3.49. The summed E-state index contributed by atoms with van der Waals surface area (Å²) >= 11 is 0. The Balaban J connectivity index is 1.53. The molecule has 3 aromatic rings. The van der Waals surface area contributed by atoms with E-state index in [2.05, 4.69) is 4.98 Å². The second-order valence-electron chi connectivity index (χ2n) is 6.83. The fourth-order valence-electron chi connectivity index (χ4n) is 3.49. The monoisotopic (exact) mass is 395 g/mol. The van der Waals surface area contributed by atoms with E-state index in [9.17, 15) is 9.59 Å². The van der Waals surface area contributed by atoms with E-state index in [0.29, 0.717) is 31.0 Å². The molecular weight excluding hydrogens is 374 g/mol. The van der Waals surface area contributed by atoms with Crippen molar-refractivity contribution < 1.29 is 24.3 Å². The van der Waals surface area contributed by atoms with Gasteiger partial charge in [-0.3, -0.25) is 14.8 Å². The third-order valence-electron chi connectivity index (χ3n) is 5.08. The Kier molecular flexibility index (Phi) is 5.09. The van der Waals surface area contributed by atoms with Gasteiger partial charge in [0.15, 0.2) is 0 Å². The van der Waals surface area contributed by atoms with E-state index < -0.39 is 5.91 Å².